The molecule has 1 saturated carbocycles. The van der Waals surface area contributed by atoms with Gasteiger partial charge in [0.05, 0.1) is 13.7 Å². The van der Waals surface area contributed by atoms with Crippen molar-refractivity contribution in [2.75, 3.05) is 7.11 Å². The lowest BCUT2D eigenvalue weighted by Crippen LogP contribution is -2.01. The van der Waals surface area contributed by atoms with Gasteiger partial charge in [0, 0.05) is 5.02 Å². The Morgan fingerprint density at radius 2 is 0.637 bits per heavy atom. The third kappa shape index (κ3) is 29.1. The van der Waals surface area contributed by atoms with E-state index >= 15 is 0 Å². The van der Waals surface area contributed by atoms with Crippen LogP contribution in [0.15, 0.2) is 170 Å². The van der Waals surface area contributed by atoms with E-state index in [9.17, 15) is 17.6 Å². The van der Waals surface area contributed by atoms with Crippen LogP contribution in [-0.2, 0) is 0 Å². The van der Waals surface area contributed by atoms with Crippen molar-refractivity contribution in [3.63, 3.8) is 0 Å². The van der Waals surface area contributed by atoms with Crippen LogP contribution in [-0.4, -0.2) is 20.3 Å². The van der Waals surface area contributed by atoms with Crippen LogP contribution >= 0.6 is 11.6 Å². The first-order valence-electron chi connectivity index (χ1n) is 28.0. The molecule has 4 nitrogen and oxygen atoms in total. The maximum absolute atomic E-state index is 11.8. The average Bonchev–Trinajstić information content (AvgIpc) is 4.29. The number of aryl methyl sites for hydroxylation is 1. The number of hydrogen-bond acceptors (Lipinski definition) is 3. The molecule has 0 atom stereocenters. The molecule has 0 heterocycles. The minimum atomic E-state index is -2.75. The number of benzene rings is 7. The third-order valence-corrected chi connectivity index (χ3v) is 13.2. The summed E-state index contributed by atoms with van der Waals surface area (Å²) in [6.07, 6.45) is 2.81. The van der Waals surface area contributed by atoms with Gasteiger partial charge in [-0.1, -0.05) is 235 Å². The quantitative estimate of drug-likeness (QED) is 0.0852. The van der Waals surface area contributed by atoms with Crippen molar-refractivity contribution in [2.45, 2.75) is 177 Å². The van der Waals surface area contributed by atoms with Gasteiger partial charge >= 0.3 is 13.2 Å². The van der Waals surface area contributed by atoms with Crippen molar-refractivity contribution < 1.29 is 31.8 Å². The van der Waals surface area contributed by atoms with Gasteiger partial charge in [-0.15, -0.1) is 0 Å². The van der Waals surface area contributed by atoms with Crippen LogP contribution in [0.3, 0.4) is 0 Å². The van der Waals surface area contributed by atoms with Crippen molar-refractivity contribution >= 4 is 17.3 Å². The molecule has 7 aromatic carbocycles. The highest BCUT2D eigenvalue weighted by atomic mass is 35.5. The normalized spacial score (nSPS) is 11.4. The first-order chi connectivity index (χ1) is 37.8. The predicted molar refractivity (Wildman–Crippen MR) is 332 cm³/mol. The standard InChI is InChI=1S/C12H16.2C10H12F2O.C10H11N.C10H14O.C10H14.C9H11Cl/c1-9(2)10-3-5-11(6-4-10)12-7-8-12;2*1-7(2)8-3-5-9(6-4-8)13-10(11)12;2*1-8(2)9-4-6-10(11-3)7-5-9;1-8(2)10-6-4-9(3)5-7-10;1-7(2)8-3-5-9(10)6-4-8/h3-6,9,12H,7-8H2,1-2H3;2*3-7,10H,1-2H3;4-8H,1-2H3;4-8H,1-3H3;4-8H,1-3H3;3-7H,1-2H3. The first-order valence-corrected chi connectivity index (χ1v) is 28.3. The number of alkyl halides is 4. The maximum Gasteiger partial charge on any atom is 0.387 e. The molecule has 0 amide bonds. The van der Waals surface area contributed by atoms with Crippen LogP contribution < -0.4 is 14.2 Å². The summed E-state index contributed by atoms with van der Waals surface area (Å²) in [7, 11) is 1.68. The number of hydrogen-bond donors (Lipinski definition) is 0. The van der Waals surface area contributed by atoms with Gasteiger partial charge in [0.1, 0.15) is 17.2 Å². The molecule has 432 valence electrons. The van der Waals surface area contributed by atoms with Gasteiger partial charge in [-0.05, 0) is 160 Å². The van der Waals surface area contributed by atoms with Crippen molar-refractivity contribution in [1.82, 2.24) is 0 Å². The molecule has 80 heavy (non-hydrogen) atoms. The summed E-state index contributed by atoms with van der Waals surface area (Å²) in [5.74, 6) is 6.10. The van der Waals surface area contributed by atoms with Gasteiger partial charge in [0.15, 0.2) is 5.69 Å². The second-order valence-corrected chi connectivity index (χ2v) is 22.3. The average molecular weight is 1120 g/mol. The highest BCUT2D eigenvalue weighted by Crippen LogP contribution is 2.40. The van der Waals surface area contributed by atoms with Crippen molar-refractivity contribution in [2.24, 2.45) is 0 Å². The molecular weight excluding hydrogens is 1030 g/mol. The Morgan fingerprint density at radius 3 is 0.887 bits per heavy atom. The monoisotopic (exact) mass is 1120 g/mol. The van der Waals surface area contributed by atoms with Gasteiger partial charge < -0.3 is 14.2 Å². The summed E-state index contributed by atoms with van der Waals surface area (Å²) in [6, 6.07) is 55.2. The molecule has 0 spiro atoms. The smallest absolute Gasteiger partial charge is 0.387 e. The van der Waals surface area contributed by atoms with Crippen molar-refractivity contribution in [1.29, 1.82) is 0 Å². The van der Waals surface area contributed by atoms with Crippen LogP contribution in [0.25, 0.3) is 4.85 Å². The van der Waals surface area contributed by atoms with Gasteiger partial charge in [0.2, 0.25) is 0 Å². The zero-order chi connectivity index (χ0) is 59.9. The Balaban J connectivity index is 0.000000320. The topological polar surface area (TPSA) is 32.1 Å². The van der Waals surface area contributed by atoms with E-state index in [0.29, 0.717) is 41.4 Å². The van der Waals surface area contributed by atoms with Crippen molar-refractivity contribution in [3.8, 4) is 17.2 Å². The zero-order valence-electron chi connectivity index (χ0n) is 50.4. The summed E-state index contributed by atoms with van der Waals surface area (Å²) in [5, 5.41) is 0.810. The molecular formula is C71H90ClF4NO3. The molecule has 0 unspecified atom stereocenters. The van der Waals surface area contributed by atoms with E-state index < -0.39 is 13.2 Å². The van der Waals surface area contributed by atoms with Gasteiger partial charge in [0.25, 0.3) is 0 Å². The third-order valence-electron chi connectivity index (χ3n) is 12.9. The van der Waals surface area contributed by atoms with E-state index in [1.165, 1.54) is 46.2 Å². The van der Waals surface area contributed by atoms with Crippen LogP contribution in [0.5, 0.6) is 17.2 Å². The summed E-state index contributed by atoms with van der Waals surface area (Å²) >= 11 is 5.72. The fourth-order valence-electron chi connectivity index (χ4n) is 7.36. The van der Waals surface area contributed by atoms with Crippen LogP contribution in [0.4, 0.5) is 23.2 Å². The summed E-state index contributed by atoms with van der Waals surface area (Å²) in [5.41, 5.74) is 12.7. The minimum Gasteiger partial charge on any atom is -0.497 e. The second-order valence-electron chi connectivity index (χ2n) is 21.9. The molecule has 0 aromatic heterocycles. The highest BCUT2D eigenvalue weighted by molar-refractivity contribution is 6.30. The molecule has 0 aliphatic heterocycles. The Labute approximate surface area is 484 Å². The van der Waals surface area contributed by atoms with E-state index in [-0.39, 0.29) is 11.5 Å². The number of methoxy groups -OCH3 is 1. The molecule has 8 rings (SSSR count). The van der Waals surface area contributed by atoms with E-state index in [2.05, 4.69) is 163 Å². The summed E-state index contributed by atoms with van der Waals surface area (Å²) < 4.78 is 60.5. The first kappa shape index (κ1) is 69.5. The molecule has 0 saturated heterocycles. The van der Waals surface area contributed by atoms with E-state index in [1.807, 2.05) is 76.2 Å². The van der Waals surface area contributed by atoms with E-state index in [4.69, 9.17) is 22.9 Å². The van der Waals surface area contributed by atoms with E-state index in [1.54, 1.807) is 61.2 Å². The maximum atomic E-state index is 11.8. The highest BCUT2D eigenvalue weighted by Gasteiger charge is 2.23. The number of halogens is 5. The van der Waals surface area contributed by atoms with Crippen LogP contribution in [0.1, 0.15) is 207 Å². The molecule has 9 heteroatoms. The largest absolute Gasteiger partial charge is 0.497 e. The number of ether oxygens (including phenoxy) is 3. The Hall–Kier alpha value is -6.56. The van der Waals surface area contributed by atoms with Crippen LogP contribution in [0, 0.1) is 13.5 Å². The SMILES string of the molecule is CC(C)c1ccc(C2CC2)cc1.CC(C)c1ccc(Cl)cc1.CC(C)c1ccc(OC(F)F)cc1.CC(C)c1ccc(OC(F)F)cc1.COc1ccc(C(C)C)cc1.Cc1ccc(C(C)C)cc1.[C-]#[N+]c1ccc(C(C)C)cc1. The minimum absolute atomic E-state index is 0.208. The zero-order valence-corrected chi connectivity index (χ0v) is 51.2. The second kappa shape index (κ2) is 37.4. The fraction of sp³-hybridized carbons (Fsp3) is 0.394. The van der Waals surface area contributed by atoms with Gasteiger partial charge in [-0.3, -0.25) is 0 Å². The molecule has 1 aliphatic rings. The molecule has 7 aromatic rings. The Kier molecular flexibility index (Phi) is 32.5. The summed E-state index contributed by atoms with van der Waals surface area (Å²) in [4.78, 5) is 3.32. The number of rotatable bonds is 13. The van der Waals surface area contributed by atoms with Crippen LogP contribution in [0.2, 0.25) is 5.02 Å². The molecule has 1 fully saturated rings. The molecule has 1 aliphatic carbocycles. The van der Waals surface area contributed by atoms with Gasteiger partial charge in [-0.2, -0.15) is 17.6 Å². The summed E-state index contributed by atoms with van der Waals surface area (Å²) in [6.45, 7) is 33.5. The molecule has 0 radical (unpaired) electrons. The number of nitrogens with zero attached hydrogens (tertiary/aromatic N) is 1. The Bertz CT molecular complexity index is 2600. The van der Waals surface area contributed by atoms with Crippen molar-refractivity contribution in [3.05, 3.63) is 236 Å². The van der Waals surface area contributed by atoms with Gasteiger partial charge in [-0.25, -0.2) is 4.85 Å². The lowest BCUT2D eigenvalue weighted by molar-refractivity contribution is -0.0505. The molecule has 0 N–H and O–H groups in total. The Morgan fingerprint density at radius 1 is 0.388 bits per heavy atom. The lowest BCUT2D eigenvalue weighted by atomic mass is 10.0. The predicted octanol–water partition coefficient (Wildman–Crippen LogP) is 23.3. The van der Waals surface area contributed by atoms with E-state index in [0.717, 1.165) is 33.5 Å². The lowest BCUT2D eigenvalue weighted by Gasteiger charge is -2.07. The molecule has 0 bridgehead atoms. The fourth-order valence-corrected chi connectivity index (χ4v) is 7.49.